The fourth-order valence-electron chi connectivity index (χ4n) is 3.33. The zero-order valence-corrected chi connectivity index (χ0v) is 16.1. The first-order valence-electron chi connectivity index (χ1n) is 9.74. The number of hydrogen-bond donors (Lipinski definition) is 3. The summed E-state index contributed by atoms with van der Waals surface area (Å²) < 4.78 is 5.01. The minimum absolute atomic E-state index is 0.0122. The number of fused-ring (bicyclic) bond motifs is 1. The van der Waals surface area contributed by atoms with E-state index in [-0.39, 0.29) is 31.5 Å². The van der Waals surface area contributed by atoms with Gasteiger partial charge in [0.2, 0.25) is 0 Å². The summed E-state index contributed by atoms with van der Waals surface area (Å²) >= 11 is 0. The number of carbonyl (C=O) groups excluding carboxylic acids is 3. The van der Waals surface area contributed by atoms with Gasteiger partial charge >= 0.3 is 12.0 Å². The van der Waals surface area contributed by atoms with Crippen LogP contribution in [-0.2, 0) is 20.7 Å². The molecular weight excluding hydrogens is 370 g/mol. The Balaban J connectivity index is 1.33. The Hall–Kier alpha value is -3.35. The molecule has 0 spiro atoms. The molecule has 7 heteroatoms. The van der Waals surface area contributed by atoms with Crippen LogP contribution in [0.1, 0.15) is 36.4 Å². The first kappa shape index (κ1) is 20.4. The Labute approximate surface area is 169 Å². The zero-order valence-electron chi connectivity index (χ0n) is 16.1. The smallest absolute Gasteiger partial charge is 0.319 e. The molecule has 0 fully saturated rings. The number of urea groups is 1. The Morgan fingerprint density at radius 3 is 2.59 bits per heavy atom. The molecule has 1 aliphatic rings. The molecule has 2 aromatic rings. The molecule has 0 heterocycles. The number of rotatable bonds is 7. The van der Waals surface area contributed by atoms with E-state index < -0.39 is 12.0 Å². The molecule has 0 aliphatic heterocycles. The number of carbonyl (C=O) groups is 3. The molecule has 1 aliphatic carbocycles. The van der Waals surface area contributed by atoms with Gasteiger partial charge in [-0.2, -0.15) is 0 Å². The number of amides is 3. The third-order valence-electron chi connectivity index (χ3n) is 4.72. The number of esters is 1. The van der Waals surface area contributed by atoms with Gasteiger partial charge in [-0.05, 0) is 42.5 Å². The van der Waals surface area contributed by atoms with Gasteiger partial charge in [-0.3, -0.25) is 9.59 Å². The van der Waals surface area contributed by atoms with Gasteiger partial charge in [0.05, 0.1) is 12.5 Å². The summed E-state index contributed by atoms with van der Waals surface area (Å²) in [5.74, 6) is -0.862. The maximum absolute atomic E-state index is 12.1. The molecule has 0 saturated heterocycles. The number of hydrogen-bond acceptors (Lipinski definition) is 4. The predicted molar refractivity (Wildman–Crippen MR) is 109 cm³/mol. The summed E-state index contributed by atoms with van der Waals surface area (Å²) in [6.07, 6.45) is 2.89. The van der Waals surface area contributed by atoms with Gasteiger partial charge in [-0.25, -0.2) is 4.79 Å². The summed E-state index contributed by atoms with van der Waals surface area (Å²) in [5, 5.41) is 8.16. The van der Waals surface area contributed by atoms with E-state index in [1.807, 2.05) is 36.4 Å². The molecule has 7 nitrogen and oxygen atoms in total. The number of nitrogens with one attached hydrogen (secondary N) is 3. The van der Waals surface area contributed by atoms with Crippen molar-refractivity contribution in [3.8, 4) is 0 Å². The lowest BCUT2D eigenvalue weighted by molar-refractivity contribution is -0.148. The van der Waals surface area contributed by atoms with Crippen LogP contribution in [0, 0.1) is 0 Å². The van der Waals surface area contributed by atoms with Crippen LogP contribution in [0.5, 0.6) is 0 Å². The molecule has 2 aromatic carbocycles. The fraction of sp³-hybridized carbons (Fsp3) is 0.318. The predicted octanol–water partition coefficient (Wildman–Crippen LogP) is 2.94. The third-order valence-corrected chi connectivity index (χ3v) is 4.72. The van der Waals surface area contributed by atoms with Gasteiger partial charge in [0.25, 0.3) is 5.91 Å². The minimum atomic E-state index is -0.538. The molecule has 0 saturated carbocycles. The first-order valence-corrected chi connectivity index (χ1v) is 9.74. The van der Waals surface area contributed by atoms with Crippen molar-refractivity contribution >= 4 is 23.6 Å². The Morgan fingerprint density at radius 1 is 1.00 bits per heavy atom. The highest BCUT2D eigenvalue weighted by Crippen LogP contribution is 2.29. The molecule has 0 unspecified atom stereocenters. The number of aryl methyl sites for hydroxylation is 1. The van der Waals surface area contributed by atoms with Crippen LogP contribution in [0.4, 0.5) is 10.5 Å². The molecule has 3 amide bonds. The molecule has 3 N–H and O–H groups in total. The minimum Gasteiger partial charge on any atom is -0.456 e. The average molecular weight is 395 g/mol. The lowest BCUT2D eigenvalue weighted by atomic mass is 9.88. The van der Waals surface area contributed by atoms with E-state index in [1.165, 1.54) is 5.56 Å². The normalized spacial score (nSPS) is 15.0. The fourth-order valence-corrected chi connectivity index (χ4v) is 3.33. The summed E-state index contributed by atoms with van der Waals surface area (Å²) in [6.45, 7) is -0.206. The maximum atomic E-state index is 12.1. The molecule has 1 atom stereocenters. The molecule has 3 rings (SSSR count). The second-order valence-electron chi connectivity index (χ2n) is 6.87. The highest BCUT2D eigenvalue weighted by atomic mass is 16.5. The molecule has 152 valence electrons. The second kappa shape index (κ2) is 10.3. The Morgan fingerprint density at radius 2 is 1.76 bits per heavy atom. The van der Waals surface area contributed by atoms with E-state index in [0.717, 1.165) is 24.8 Å². The SMILES string of the molecule is O=C(COC(=O)CCNC(=O)Nc1ccccc1)N[C@H]1CCCc2ccccc21. The van der Waals surface area contributed by atoms with Gasteiger partial charge in [0.15, 0.2) is 6.61 Å². The Kier molecular flexibility index (Phi) is 7.22. The van der Waals surface area contributed by atoms with E-state index in [0.29, 0.717) is 5.69 Å². The van der Waals surface area contributed by atoms with Crippen molar-refractivity contribution in [2.24, 2.45) is 0 Å². The van der Waals surface area contributed by atoms with E-state index in [9.17, 15) is 14.4 Å². The maximum Gasteiger partial charge on any atom is 0.319 e. The van der Waals surface area contributed by atoms with Gasteiger partial charge in [-0.1, -0.05) is 42.5 Å². The van der Waals surface area contributed by atoms with Crippen LogP contribution >= 0.6 is 0 Å². The second-order valence-corrected chi connectivity index (χ2v) is 6.87. The molecule has 0 aromatic heterocycles. The first-order chi connectivity index (χ1) is 14.1. The van der Waals surface area contributed by atoms with Crippen molar-refractivity contribution in [2.45, 2.75) is 31.7 Å². The lowest BCUT2D eigenvalue weighted by Crippen LogP contribution is -2.35. The van der Waals surface area contributed by atoms with Crippen molar-refractivity contribution in [3.63, 3.8) is 0 Å². The summed E-state index contributed by atoms with van der Waals surface area (Å²) in [7, 11) is 0. The largest absolute Gasteiger partial charge is 0.456 e. The summed E-state index contributed by atoms with van der Waals surface area (Å²) in [4.78, 5) is 35.7. The summed E-state index contributed by atoms with van der Waals surface area (Å²) in [5.41, 5.74) is 3.04. The standard InChI is InChI=1S/C22H25N3O4/c26-20(25-19-12-6-8-16-7-4-5-11-18(16)19)15-29-21(27)13-14-23-22(28)24-17-9-2-1-3-10-17/h1-5,7,9-11,19H,6,8,12-15H2,(H,25,26)(H2,23,24,28)/t19-/m0/s1. The van der Waals surface area contributed by atoms with Crippen LogP contribution in [-0.4, -0.2) is 31.1 Å². The topological polar surface area (TPSA) is 96.5 Å². The third kappa shape index (κ3) is 6.34. The van der Waals surface area contributed by atoms with Crippen molar-refractivity contribution in [3.05, 3.63) is 65.7 Å². The van der Waals surface area contributed by atoms with Crippen LogP contribution in [0.25, 0.3) is 0 Å². The number of para-hydroxylation sites is 1. The quantitative estimate of drug-likeness (QED) is 0.628. The van der Waals surface area contributed by atoms with Gasteiger partial charge in [0, 0.05) is 12.2 Å². The van der Waals surface area contributed by atoms with Crippen LogP contribution in [0.3, 0.4) is 0 Å². The number of benzene rings is 2. The van der Waals surface area contributed by atoms with Crippen molar-refractivity contribution in [1.82, 2.24) is 10.6 Å². The molecule has 0 bridgehead atoms. The zero-order chi connectivity index (χ0) is 20.5. The molecule has 29 heavy (non-hydrogen) atoms. The van der Waals surface area contributed by atoms with Gasteiger partial charge < -0.3 is 20.7 Å². The Bertz CT molecular complexity index is 854. The summed E-state index contributed by atoms with van der Waals surface area (Å²) in [6, 6.07) is 16.6. The lowest BCUT2D eigenvalue weighted by Gasteiger charge is -2.26. The van der Waals surface area contributed by atoms with Crippen LogP contribution in [0.15, 0.2) is 54.6 Å². The van der Waals surface area contributed by atoms with Crippen molar-refractivity contribution in [1.29, 1.82) is 0 Å². The van der Waals surface area contributed by atoms with Crippen molar-refractivity contribution < 1.29 is 19.1 Å². The van der Waals surface area contributed by atoms with Crippen LogP contribution in [0.2, 0.25) is 0 Å². The monoisotopic (exact) mass is 395 g/mol. The average Bonchev–Trinajstić information content (AvgIpc) is 2.73. The van der Waals surface area contributed by atoms with Gasteiger partial charge in [0.1, 0.15) is 0 Å². The van der Waals surface area contributed by atoms with Crippen molar-refractivity contribution in [2.75, 3.05) is 18.5 Å². The number of ether oxygens (including phenoxy) is 1. The van der Waals surface area contributed by atoms with E-state index in [2.05, 4.69) is 22.0 Å². The molecular formula is C22H25N3O4. The van der Waals surface area contributed by atoms with E-state index in [4.69, 9.17) is 4.74 Å². The number of anilines is 1. The highest BCUT2D eigenvalue weighted by Gasteiger charge is 2.21. The van der Waals surface area contributed by atoms with Crippen LogP contribution < -0.4 is 16.0 Å². The van der Waals surface area contributed by atoms with E-state index >= 15 is 0 Å². The molecule has 0 radical (unpaired) electrons. The van der Waals surface area contributed by atoms with Gasteiger partial charge in [-0.15, -0.1) is 0 Å². The highest BCUT2D eigenvalue weighted by molar-refractivity contribution is 5.89. The van der Waals surface area contributed by atoms with E-state index in [1.54, 1.807) is 12.1 Å².